The molecule has 1 heterocycles. The maximum Gasteiger partial charge on any atom is 0.139 e. The molecule has 2 rings (SSSR count). The third kappa shape index (κ3) is 1.12. The molecule has 1 aliphatic rings. The lowest BCUT2D eigenvalue weighted by Crippen LogP contribution is -1.98. The van der Waals surface area contributed by atoms with E-state index in [2.05, 4.69) is 26.2 Å². The van der Waals surface area contributed by atoms with Crippen LogP contribution in [0.3, 0.4) is 0 Å². The molecule has 0 saturated heterocycles. The fourth-order valence-electron chi connectivity index (χ4n) is 1.08. The van der Waals surface area contributed by atoms with E-state index in [1.165, 1.54) is 6.07 Å². The summed E-state index contributed by atoms with van der Waals surface area (Å²) in [7, 11) is 0. The summed E-state index contributed by atoms with van der Waals surface area (Å²) in [6.07, 6.45) is 0. The maximum atomic E-state index is 12.9. The predicted molar refractivity (Wildman–Crippen MR) is 48.7 cm³/mol. The fraction of sp³-hybridized carbons (Fsp3) is 0.125. The highest BCUT2D eigenvalue weighted by molar-refractivity contribution is 9.10. The van der Waals surface area contributed by atoms with Crippen molar-refractivity contribution >= 4 is 33.1 Å². The standard InChI is InChI=1S/C8H5BrFN2/c1-4-11-7-2-5(9)6(10)3-8(7)12-4/h2-3H,1H3. The molecule has 0 aromatic heterocycles. The smallest absolute Gasteiger partial charge is 0.139 e. The molecule has 0 bridgehead atoms. The van der Waals surface area contributed by atoms with Crippen LogP contribution in [0, 0.1) is 5.82 Å². The largest absolute Gasteiger partial charge is 0.232 e. The number of amidine groups is 1. The molecule has 0 amide bonds. The predicted octanol–water partition coefficient (Wildman–Crippen LogP) is 2.89. The Kier molecular flexibility index (Phi) is 1.65. The van der Waals surface area contributed by atoms with Crippen LogP contribution in [0.15, 0.2) is 21.6 Å². The molecule has 1 aromatic carbocycles. The highest BCUT2D eigenvalue weighted by Crippen LogP contribution is 2.34. The quantitative estimate of drug-likeness (QED) is 0.652. The number of nitrogens with zero attached hydrogens (tertiary/aromatic N) is 2. The summed E-state index contributed by atoms with van der Waals surface area (Å²) < 4.78 is 13.4. The van der Waals surface area contributed by atoms with Gasteiger partial charge < -0.3 is 0 Å². The Balaban J connectivity index is 2.57. The lowest BCUT2D eigenvalue weighted by molar-refractivity contribution is 0.621. The van der Waals surface area contributed by atoms with E-state index in [1.807, 2.05) is 0 Å². The topological polar surface area (TPSA) is 26.5 Å². The van der Waals surface area contributed by atoms with Gasteiger partial charge in [-0.05, 0) is 28.9 Å². The molecule has 0 aliphatic carbocycles. The summed E-state index contributed by atoms with van der Waals surface area (Å²) in [6.45, 7) is 1.78. The van der Waals surface area contributed by atoms with Crippen LogP contribution >= 0.6 is 15.9 Å². The normalized spacial score (nSPS) is 13.8. The van der Waals surface area contributed by atoms with E-state index >= 15 is 0 Å². The van der Waals surface area contributed by atoms with Gasteiger partial charge in [-0.15, -0.1) is 0 Å². The molecule has 61 valence electrons. The second-order valence-corrected chi connectivity index (χ2v) is 3.38. The Bertz CT molecular complexity index is 374. The third-order valence-corrected chi connectivity index (χ3v) is 2.19. The van der Waals surface area contributed by atoms with E-state index in [0.29, 0.717) is 16.0 Å². The van der Waals surface area contributed by atoms with Crippen molar-refractivity contribution in [3.63, 3.8) is 0 Å². The van der Waals surface area contributed by atoms with Crippen molar-refractivity contribution in [3.8, 4) is 0 Å². The number of halogens is 2. The van der Waals surface area contributed by atoms with E-state index in [-0.39, 0.29) is 5.82 Å². The molecular weight excluding hydrogens is 223 g/mol. The summed E-state index contributed by atoms with van der Waals surface area (Å²) in [5.41, 5.74) is 1.33. The molecule has 0 unspecified atom stereocenters. The Labute approximate surface area is 77.6 Å². The molecule has 0 fully saturated rings. The molecule has 1 aromatic rings. The van der Waals surface area contributed by atoms with Gasteiger partial charge in [-0.1, -0.05) is 0 Å². The van der Waals surface area contributed by atoms with E-state index in [4.69, 9.17) is 0 Å². The van der Waals surface area contributed by atoms with Gasteiger partial charge in [0.2, 0.25) is 0 Å². The fourth-order valence-corrected chi connectivity index (χ4v) is 1.41. The van der Waals surface area contributed by atoms with Gasteiger partial charge in [0.25, 0.3) is 0 Å². The van der Waals surface area contributed by atoms with Gasteiger partial charge in [0, 0.05) is 6.07 Å². The third-order valence-electron chi connectivity index (χ3n) is 1.58. The highest BCUT2D eigenvalue weighted by Gasteiger charge is 2.14. The lowest BCUT2D eigenvalue weighted by Gasteiger charge is -1.97. The summed E-state index contributed by atoms with van der Waals surface area (Å²) in [5.74, 6) is 0.366. The van der Waals surface area contributed by atoms with Gasteiger partial charge in [-0.3, -0.25) is 0 Å². The summed E-state index contributed by atoms with van der Waals surface area (Å²) in [6, 6.07) is 3.00. The van der Waals surface area contributed by atoms with Gasteiger partial charge in [-0.25, -0.2) is 14.7 Å². The molecule has 0 N–H and O–H groups in total. The van der Waals surface area contributed by atoms with Crippen LogP contribution in [0.1, 0.15) is 6.92 Å². The summed E-state index contributed by atoms with van der Waals surface area (Å²) in [4.78, 5) is 4.11. The van der Waals surface area contributed by atoms with Crippen LogP contribution in [-0.4, -0.2) is 5.84 Å². The monoisotopic (exact) mass is 227 g/mol. The van der Waals surface area contributed by atoms with Crippen LogP contribution in [0.2, 0.25) is 0 Å². The first kappa shape index (κ1) is 7.73. The first-order valence-electron chi connectivity index (χ1n) is 3.43. The molecule has 2 nitrogen and oxygen atoms in total. The van der Waals surface area contributed by atoms with Gasteiger partial charge >= 0.3 is 0 Å². The van der Waals surface area contributed by atoms with Gasteiger partial charge in [-0.2, -0.15) is 0 Å². The van der Waals surface area contributed by atoms with Crippen molar-refractivity contribution < 1.29 is 4.39 Å². The Morgan fingerprint density at radius 1 is 1.33 bits per heavy atom. The van der Waals surface area contributed by atoms with Gasteiger partial charge in [0.1, 0.15) is 11.7 Å². The van der Waals surface area contributed by atoms with Gasteiger partial charge in [0.05, 0.1) is 15.8 Å². The molecule has 4 heteroatoms. The number of aliphatic imine (C=N–C) groups is 1. The maximum absolute atomic E-state index is 12.9. The molecule has 0 atom stereocenters. The minimum absolute atomic E-state index is 0.303. The zero-order valence-corrected chi connectivity index (χ0v) is 7.89. The van der Waals surface area contributed by atoms with Crippen LogP contribution in [-0.2, 0) is 0 Å². The molecule has 1 aliphatic heterocycles. The van der Waals surface area contributed by atoms with E-state index < -0.39 is 0 Å². The van der Waals surface area contributed by atoms with Crippen molar-refractivity contribution in [2.45, 2.75) is 6.92 Å². The SMILES string of the molecule is CC1=Nc2cc(Br)c(F)cc2[N]1. The summed E-state index contributed by atoms with van der Waals surface area (Å²) >= 11 is 3.08. The molecule has 0 spiro atoms. The van der Waals surface area contributed by atoms with Crippen LogP contribution in [0.4, 0.5) is 15.8 Å². The van der Waals surface area contributed by atoms with E-state index in [1.54, 1.807) is 13.0 Å². The van der Waals surface area contributed by atoms with Crippen molar-refractivity contribution in [2.75, 3.05) is 0 Å². The number of fused-ring (bicyclic) bond motifs is 1. The first-order chi connectivity index (χ1) is 5.66. The highest BCUT2D eigenvalue weighted by atomic mass is 79.9. The molecule has 12 heavy (non-hydrogen) atoms. The zero-order valence-electron chi connectivity index (χ0n) is 6.31. The second kappa shape index (κ2) is 2.55. The van der Waals surface area contributed by atoms with Crippen molar-refractivity contribution in [1.82, 2.24) is 5.32 Å². The Morgan fingerprint density at radius 3 is 2.83 bits per heavy atom. The van der Waals surface area contributed by atoms with E-state index in [0.717, 1.165) is 5.69 Å². The van der Waals surface area contributed by atoms with E-state index in [9.17, 15) is 4.39 Å². The Hall–Kier alpha value is -0.900. The minimum atomic E-state index is -0.303. The minimum Gasteiger partial charge on any atom is -0.232 e. The molecular formula is C8H5BrFN2. The molecule has 0 saturated carbocycles. The van der Waals surface area contributed by atoms with Crippen molar-refractivity contribution in [1.29, 1.82) is 0 Å². The average molecular weight is 228 g/mol. The molecule has 1 radical (unpaired) electrons. The lowest BCUT2D eigenvalue weighted by atomic mass is 10.3. The number of benzene rings is 1. The summed E-state index contributed by atoms with van der Waals surface area (Å²) in [5, 5.41) is 4.04. The first-order valence-corrected chi connectivity index (χ1v) is 4.22. The van der Waals surface area contributed by atoms with Crippen LogP contribution in [0.25, 0.3) is 0 Å². The van der Waals surface area contributed by atoms with Crippen molar-refractivity contribution in [2.24, 2.45) is 4.99 Å². The number of hydrogen-bond donors (Lipinski definition) is 0. The van der Waals surface area contributed by atoms with Crippen LogP contribution in [0.5, 0.6) is 0 Å². The van der Waals surface area contributed by atoms with Crippen molar-refractivity contribution in [3.05, 3.63) is 22.4 Å². The Morgan fingerprint density at radius 2 is 2.08 bits per heavy atom. The number of rotatable bonds is 0. The van der Waals surface area contributed by atoms with Crippen LogP contribution < -0.4 is 5.32 Å². The second-order valence-electron chi connectivity index (χ2n) is 2.53. The van der Waals surface area contributed by atoms with Gasteiger partial charge in [0.15, 0.2) is 0 Å². The average Bonchev–Trinajstić information content (AvgIpc) is 2.30. The number of hydrogen-bond acceptors (Lipinski definition) is 1. The zero-order chi connectivity index (χ0) is 8.72.